The third kappa shape index (κ3) is 3.47. The minimum Gasteiger partial charge on any atom is -0.496 e. The van der Waals surface area contributed by atoms with Gasteiger partial charge >= 0.3 is 0 Å². The van der Waals surface area contributed by atoms with E-state index in [0.717, 1.165) is 11.3 Å². The van der Waals surface area contributed by atoms with Crippen LogP contribution < -0.4 is 19.9 Å². The van der Waals surface area contributed by atoms with Gasteiger partial charge in [-0.25, -0.2) is 0 Å². The lowest BCUT2D eigenvalue weighted by molar-refractivity contribution is 0.320. The van der Waals surface area contributed by atoms with Crippen LogP contribution in [0.4, 0.5) is 0 Å². The summed E-state index contributed by atoms with van der Waals surface area (Å²) in [5, 5.41) is 0. The second kappa shape index (κ2) is 6.99. The number of nitrogens with two attached hydrogens (primary N) is 1. The van der Waals surface area contributed by atoms with Gasteiger partial charge in [0.1, 0.15) is 11.5 Å². The van der Waals surface area contributed by atoms with Crippen molar-refractivity contribution in [1.82, 2.24) is 0 Å². The first kappa shape index (κ1) is 15.2. The summed E-state index contributed by atoms with van der Waals surface area (Å²) in [5.41, 5.74) is 6.89. The Morgan fingerprint density at radius 2 is 1.57 bits per heavy atom. The molecule has 0 aliphatic rings. The Balaban J connectivity index is 2.40. The van der Waals surface area contributed by atoms with Crippen molar-refractivity contribution < 1.29 is 14.2 Å². The second-order valence-corrected chi connectivity index (χ2v) is 4.64. The molecule has 0 bridgehead atoms. The minimum absolute atomic E-state index is 0.199. The summed E-state index contributed by atoms with van der Waals surface area (Å²) >= 11 is 0. The van der Waals surface area contributed by atoms with Crippen LogP contribution in [-0.4, -0.2) is 13.7 Å². The zero-order valence-corrected chi connectivity index (χ0v) is 12.6. The molecular weight excluding hydrogens is 266 g/mol. The highest BCUT2D eigenvalue weighted by molar-refractivity contribution is 5.50. The highest BCUT2D eigenvalue weighted by Gasteiger charge is 2.16. The number of para-hydroxylation sites is 2. The molecule has 0 aromatic heterocycles. The van der Waals surface area contributed by atoms with E-state index in [1.165, 1.54) is 0 Å². The van der Waals surface area contributed by atoms with Crippen LogP contribution in [0.15, 0.2) is 42.5 Å². The molecule has 0 aliphatic carbocycles. The first-order valence-corrected chi connectivity index (χ1v) is 6.99. The molecule has 21 heavy (non-hydrogen) atoms. The van der Waals surface area contributed by atoms with Gasteiger partial charge in [-0.05, 0) is 38.1 Å². The fourth-order valence-corrected chi connectivity index (χ4v) is 2.17. The molecule has 0 heterocycles. The summed E-state index contributed by atoms with van der Waals surface area (Å²) in [6.07, 6.45) is 0. The molecule has 0 saturated carbocycles. The molecule has 0 aliphatic heterocycles. The van der Waals surface area contributed by atoms with E-state index in [1.54, 1.807) is 7.11 Å². The van der Waals surface area contributed by atoms with Gasteiger partial charge in [0.05, 0.1) is 19.3 Å². The van der Waals surface area contributed by atoms with E-state index < -0.39 is 0 Å². The lowest BCUT2D eigenvalue weighted by Crippen LogP contribution is -2.09. The first-order chi connectivity index (χ1) is 10.2. The SMILES string of the molecule is CCOc1ccccc1Oc1cccc(OC)c1[C@H](C)N. The van der Waals surface area contributed by atoms with Crippen molar-refractivity contribution in [3.8, 4) is 23.0 Å². The van der Waals surface area contributed by atoms with Crippen molar-refractivity contribution in [1.29, 1.82) is 0 Å². The standard InChI is InChI=1S/C17H21NO3/c1-4-20-13-8-5-6-9-14(13)21-16-11-7-10-15(19-3)17(16)12(2)18/h5-12H,4,18H2,1-3H3/t12-/m0/s1. The maximum Gasteiger partial charge on any atom is 0.169 e. The third-order valence-corrected chi connectivity index (χ3v) is 3.07. The Bertz CT molecular complexity index is 596. The van der Waals surface area contributed by atoms with Crippen LogP contribution in [0.25, 0.3) is 0 Å². The maximum absolute atomic E-state index is 6.05. The van der Waals surface area contributed by atoms with Gasteiger partial charge < -0.3 is 19.9 Å². The van der Waals surface area contributed by atoms with Gasteiger partial charge in [0.25, 0.3) is 0 Å². The van der Waals surface area contributed by atoms with Crippen LogP contribution in [0.1, 0.15) is 25.5 Å². The Morgan fingerprint density at radius 1 is 0.952 bits per heavy atom. The van der Waals surface area contributed by atoms with Gasteiger partial charge in [0.15, 0.2) is 11.5 Å². The summed E-state index contributed by atoms with van der Waals surface area (Å²) in [6.45, 7) is 4.42. The van der Waals surface area contributed by atoms with E-state index in [0.29, 0.717) is 23.9 Å². The van der Waals surface area contributed by atoms with Gasteiger partial charge in [-0.1, -0.05) is 18.2 Å². The van der Waals surface area contributed by atoms with E-state index in [4.69, 9.17) is 19.9 Å². The van der Waals surface area contributed by atoms with Crippen molar-refractivity contribution in [2.45, 2.75) is 19.9 Å². The van der Waals surface area contributed by atoms with Crippen molar-refractivity contribution in [2.75, 3.05) is 13.7 Å². The zero-order chi connectivity index (χ0) is 15.2. The number of ether oxygens (including phenoxy) is 3. The predicted molar refractivity (Wildman–Crippen MR) is 83.3 cm³/mol. The molecular formula is C17H21NO3. The molecule has 0 fully saturated rings. The van der Waals surface area contributed by atoms with Crippen LogP contribution in [-0.2, 0) is 0 Å². The number of methoxy groups -OCH3 is 1. The van der Waals surface area contributed by atoms with Crippen LogP contribution in [0.5, 0.6) is 23.0 Å². The van der Waals surface area contributed by atoms with E-state index in [2.05, 4.69) is 0 Å². The number of hydrogen-bond donors (Lipinski definition) is 1. The van der Waals surface area contributed by atoms with E-state index in [1.807, 2.05) is 56.3 Å². The molecule has 112 valence electrons. The molecule has 0 spiro atoms. The smallest absolute Gasteiger partial charge is 0.169 e. The summed E-state index contributed by atoms with van der Waals surface area (Å²) in [7, 11) is 1.62. The topological polar surface area (TPSA) is 53.7 Å². The van der Waals surface area contributed by atoms with Gasteiger partial charge in [-0.15, -0.1) is 0 Å². The maximum atomic E-state index is 6.05. The van der Waals surface area contributed by atoms with Crippen LogP contribution in [0.2, 0.25) is 0 Å². The van der Waals surface area contributed by atoms with Gasteiger partial charge in [0.2, 0.25) is 0 Å². The predicted octanol–water partition coefficient (Wildman–Crippen LogP) is 3.91. The number of benzene rings is 2. The third-order valence-electron chi connectivity index (χ3n) is 3.07. The van der Waals surface area contributed by atoms with E-state index in [9.17, 15) is 0 Å². The van der Waals surface area contributed by atoms with Gasteiger partial charge in [0, 0.05) is 6.04 Å². The molecule has 0 amide bonds. The first-order valence-electron chi connectivity index (χ1n) is 6.99. The molecule has 2 N–H and O–H groups in total. The fraction of sp³-hybridized carbons (Fsp3) is 0.294. The van der Waals surface area contributed by atoms with Gasteiger partial charge in [-0.3, -0.25) is 0 Å². The Hall–Kier alpha value is -2.20. The monoisotopic (exact) mass is 287 g/mol. The molecule has 2 rings (SSSR count). The highest BCUT2D eigenvalue weighted by Crippen LogP contribution is 2.38. The lowest BCUT2D eigenvalue weighted by Gasteiger charge is -2.18. The van der Waals surface area contributed by atoms with Crippen molar-refractivity contribution >= 4 is 0 Å². The zero-order valence-electron chi connectivity index (χ0n) is 12.6. The van der Waals surface area contributed by atoms with E-state index >= 15 is 0 Å². The summed E-state index contributed by atoms with van der Waals surface area (Å²) in [4.78, 5) is 0. The summed E-state index contributed by atoms with van der Waals surface area (Å²) in [6, 6.07) is 13.0. The second-order valence-electron chi connectivity index (χ2n) is 4.64. The Kier molecular flexibility index (Phi) is 5.06. The molecule has 0 radical (unpaired) electrons. The van der Waals surface area contributed by atoms with Crippen LogP contribution in [0, 0.1) is 0 Å². The minimum atomic E-state index is -0.199. The Labute approximate surface area is 125 Å². The van der Waals surface area contributed by atoms with E-state index in [-0.39, 0.29) is 6.04 Å². The number of hydrogen-bond acceptors (Lipinski definition) is 4. The average molecular weight is 287 g/mol. The molecule has 0 unspecified atom stereocenters. The Morgan fingerprint density at radius 3 is 2.19 bits per heavy atom. The largest absolute Gasteiger partial charge is 0.496 e. The molecule has 4 heteroatoms. The molecule has 2 aromatic carbocycles. The molecule has 1 atom stereocenters. The average Bonchev–Trinajstić information content (AvgIpc) is 2.49. The number of rotatable bonds is 6. The summed E-state index contributed by atoms with van der Waals surface area (Å²) in [5.74, 6) is 2.76. The van der Waals surface area contributed by atoms with Crippen molar-refractivity contribution in [3.63, 3.8) is 0 Å². The highest BCUT2D eigenvalue weighted by atomic mass is 16.5. The van der Waals surface area contributed by atoms with Crippen molar-refractivity contribution in [2.24, 2.45) is 5.73 Å². The lowest BCUT2D eigenvalue weighted by atomic mass is 10.1. The van der Waals surface area contributed by atoms with Crippen molar-refractivity contribution in [3.05, 3.63) is 48.0 Å². The van der Waals surface area contributed by atoms with Crippen LogP contribution >= 0.6 is 0 Å². The van der Waals surface area contributed by atoms with Crippen LogP contribution in [0.3, 0.4) is 0 Å². The summed E-state index contributed by atoms with van der Waals surface area (Å²) < 4.78 is 17.0. The quantitative estimate of drug-likeness (QED) is 0.875. The van der Waals surface area contributed by atoms with Gasteiger partial charge in [-0.2, -0.15) is 0 Å². The molecule has 2 aromatic rings. The molecule has 0 saturated heterocycles. The fourth-order valence-electron chi connectivity index (χ4n) is 2.17. The normalized spacial score (nSPS) is 11.8. The molecule has 4 nitrogen and oxygen atoms in total.